The van der Waals surface area contributed by atoms with Crippen molar-refractivity contribution in [3.8, 4) is 17.2 Å². The molecule has 0 spiro atoms. The summed E-state index contributed by atoms with van der Waals surface area (Å²) in [7, 11) is 0. The smallest absolute Gasteiger partial charge is 0.326 e. The fourth-order valence-corrected chi connectivity index (χ4v) is 4.28. The second-order valence-corrected chi connectivity index (χ2v) is 8.39. The molecule has 1 atom stereocenters. The average Bonchev–Trinajstić information content (AvgIpc) is 2.83. The number of hydrogen-bond acceptors (Lipinski definition) is 4. The molecule has 4 rings (SSSR count). The van der Waals surface area contributed by atoms with Crippen LogP contribution in [0.4, 0.5) is 4.39 Å². The molecule has 0 aliphatic carbocycles. The molecule has 4 aromatic rings. The number of hydrogen-bond donors (Lipinski definition) is 2. The van der Waals surface area contributed by atoms with Crippen molar-refractivity contribution >= 4 is 34.4 Å². The minimum atomic E-state index is -1.30. The van der Waals surface area contributed by atoms with Crippen molar-refractivity contribution in [3.05, 3.63) is 100.0 Å². The lowest BCUT2D eigenvalue weighted by Gasteiger charge is -2.18. The molecule has 0 saturated heterocycles. The van der Waals surface area contributed by atoms with Crippen LogP contribution in [0.3, 0.4) is 0 Å². The van der Waals surface area contributed by atoms with Gasteiger partial charge in [-0.2, -0.15) is 5.26 Å². The second kappa shape index (κ2) is 9.92. The highest BCUT2D eigenvalue weighted by molar-refractivity contribution is 6.33. The Labute approximate surface area is 205 Å². The van der Waals surface area contributed by atoms with Crippen LogP contribution in [-0.2, 0) is 11.2 Å². The van der Waals surface area contributed by atoms with Gasteiger partial charge >= 0.3 is 5.97 Å². The number of fused-ring (bicyclic) bond motifs is 1. The lowest BCUT2D eigenvalue weighted by atomic mass is 9.94. The number of carboxylic acid groups (broad SMARTS) is 1. The van der Waals surface area contributed by atoms with Gasteiger partial charge in [0.25, 0.3) is 5.91 Å². The number of pyridine rings is 1. The van der Waals surface area contributed by atoms with Crippen LogP contribution < -0.4 is 5.32 Å². The molecule has 0 fully saturated rings. The maximum atomic E-state index is 14.2. The number of aliphatic carboxylic acids is 1. The van der Waals surface area contributed by atoms with Crippen LogP contribution in [0, 0.1) is 24.1 Å². The average molecular weight is 488 g/mol. The number of nitrogens with zero attached hydrogens (tertiary/aromatic N) is 2. The number of benzene rings is 3. The van der Waals surface area contributed by atoms with Gasteiger partial charge in [-0.1, -0.05) is 48.0 Å². The van der Waals surface area contributed by atoms with Gasteiger partial charge in [-0.15, -0.1) is 0 Å². The number of amides is 1. The van der Waals surface area contributed by atoms with Gasteiger partial charge in [-0.3, -0.25) is 9.78 Å². The van der Waals surface area contributed by atoms with Crippen molar-refractivity contribution in [3.63, 3.8) is 0 Å². The third kappa shape index (κ3) is 4.84. The standard InChI is InChI=1S/C27H19ClFN3O3/c1-15-4-2-6-22(29)24(15)26(33)32-23(27(34)35)13-17-8-10-20(25-18(17)5-3-11-31-25)19-9-7-16(14-30)12-21(19)28/h2-12,23H,13H2,1H3,(H,32,33)(H,34,35). The van der Waals surface area contributed by atoms with E-state index in [9.17, 15) is 19.1 Å². The monoisotopic (exact) mass is 487 g/mol. The topological polar surface area (TPSA) is 103 Å². The summed E-state index contributed by atoms with van der Waals surface area (Å²) < 4.78 is 14.2. The van der Waals surface area contributed by atoms with Crippen LogP contribution in [0.25, 0.3) is 22.0 Å². The number of rotatable bonds is 6. The highest BCUT2D eigenvalue weighted by Gasteiger charge is 2.25. The highest BCUT2D eigenvalue weighted by Crippen LogP contribution is 2.34. The summed E-state index contributed by atoms with van der Waals surface area (Å²) in [6.45, 7) is 1.58. The van der Waals surface area contributed by atoms with E-state index in [2.05, 4.69) is 10.3 Å². The van der Waals surface area contributed by atoms with Gasteiger partial charge in [0.2, 0.25) is 0 Å². The van der Waals surface area contributed by atoms with Gasteiger partial charge in [0.15, 0.2) is 0 Å². The van der Waals surface area contributed by atoms with E-state index in [4.69, 9.17) is 16.9 Å². The Morgan fingerprint density at radius 2 is 1.91 bits per heavy atom. The summed E-state index contributed by atoms with van der Waals surface area (Å²) >= 11 is 6.42. The predicted octanol–water partition coefficient (Wildman–Crippen LogP) is 5.30. The Kier molecular flexibility index (Phi) is 6.76. The van der Waals surface area contributed by atoms with Crippen LogP contribution >= 0.6 is 11.6 Å². The normalized spacial score (nSPS) is 11.6. The first kappa shape index (κ1) is 23.9. The van der Waals surface area contributed by atoms with Crippen LogP contribution in [0.1, 0.15) is 27.0 Å². The predicted molar refractivity (Wildman–Crippen MR) is 131 cm³/mol. The molecule has 0 saturated carbocycles. The van der Waals surface area contributed by atoms with Crippen LogP contribution in [0.15, 0.2) is 66.9 Å². The number of aromatic nitrogens is 1. The van der Waals surface area contributed by atoms with E-state index in [1.165, 1.54) is 6.07 Å². The van der Waals surface area contributed by atoms with Crippen LogP contribution in [0.2, 0.25) is 5.02 Å². The van der Waals surface area contributed by atoms with Gasteiger partial charge in [-0.05, 0) is 42.3 Å². The third-order valence-corrected chi connectivity index (χ3v) is 6.04. The second-order valence-electron chi connectivity index (χ2n) is 7.98. The molecule has 0 aliphatic heterocycles. The largest absolute Gasteiger partial charge is 0.480 e. The molecule has 0 radical (unpaired) electrons. The minimum absolute atomic E-state index is 0.0435. The summed E-state index contributed by atoms with van der Waals surface area (Å²) in [6.07, 6.45) is 1.57. The molecule has 174 valence electrons. The lowest BCUT2D eigenvalue weighted by Crippen LogP contribution is -2.42. The summed E-state index contributed by atoms with van der Waals surface area (Å²) in [4.78, 5) is 29.2. The molecule has 0 aliphatic rings. The van der Waals surface area contributed by atoms with E-state index in [0.29, 0.717) is 38.2 Å². The Hall–Kier alpha value is -4.28. The molecular weight excluding hydrogens is 469 g/mol. The first-order chi connectivity index (χ1) is 16.8. The maximum Gasteiger partial charge on any atom is 0.326 e. The molecule has 35 heavy (non-hydrogen) atoms. The minimum Gasteiger partial charge on any atom is -0.480 e. The van der Waals surface area contributed by atoms with E-state index >= 15 is 0 Å². The summed E-state index contributed by atoms with van der Waals surface area (Å²) in [5, 5.41) is 22.4. The molecule has 0 bridgehead atoms. The summed E-state index contributed by atoms with van der Waals surface area (Å²) in [5.74, 6) is -2.76. The van der Waals surface area contributed by atoms with Crippen molar-refractivity contribution in [2.24, 2.45) is 0 Å². The molecule has 1 unspecified atom stereocenters. The van der Waals surface area contributed by atoms with Gasteiger partial charge in [0.1, 0.15) is 11.9 Å². The zero-order chi connectivity index (χ0) is 25.1. The third-order valence-electron chi connectivity index (χ3n) is 5.72. The number of aryl methyl sites for hydroxylation is 1. The van der Waals surface area contributed by atoms with E-state index < -0.39 is 23.7 Å². The number of nitrogens with one attached hydrogen (secondary N) is 1. The van der Waals surface area contributed by atoms with E-state index in [0.717, 1.165) is 11.6 Å². The van der Waals surface area contributed by atoms with E-state index in [-0.39, 0.29) is 12.0 Å². The number of nitriles is 1. The van der Waals surface area contributed by atoms with Crippen molar-refractivity contribution < 1.29 is 19.1 Å². The van der Waals surface area contributed by atoms with Gasteiger partial charge in [0.05, 0.1) is 22.7 Å². The molecule has 1 amide bonds. The van der Waals surface area contributed by atoms with Gasteiger partial charge in [-0.25, -0.2) is 9.18 Å². The first-order valence-corrected chi connectivity index (χ1v) is 11.0. The molecule has 3 aromatic carbocycles. The SMILES string of the molecule is Cc1cccc(F)c1C(=O)NC(Cc1ccc(-c2ccc(C#N)cc2Cl)c2ncccc12)C(=O)O. The fraction of sp³-hybridized carbons (Fsp3) is 0.111. The quantitative estimate of drug-likeness (QED) is 0.384. The molecule has 8 heteroatoms. The lowest BCUT2D eigenvalue weighted by molar-refractivity contribution is -0.139. The summed E-state index contributed by atoms with van der Waals surface area (Å²) in [6, 6.07) is 17.0. The van der Waals surface area contributed by atoms with Crippen LogP contribution in [-0.4, -0.2) is 28.0 Å². The Bertz CT molecular complexity index is 1490. The number of carbonyl (C=O) groups excluding carboxylic acids is 1. The molecule has 6 nitrogen and oxygen atoms in total. The Morgan fingerprint density at radius 1 is 1.14 bits per heavy atom. The molecule has 1 aromatic heterocycles. The summed E-state index contributed by atoms with van der Waals surface area (Å²) in [5.41, 5.74) is 3.28. The Balaban J connectivity index is 1.71. The molecular formula is C27H19ClFN3O3. The van der Waals surface area contributed by atoms with Crippen molar-refractivity contribution in [2.75, 3.05) is 0 Å². The zero-order valence-corrected chi connectivity index (χ0v) is 19.3. The highest BCUT2D eigenvalue weighted by atomic mass is 35.5. The number of carboxylic acids is 1. The fourth-order valence-electron chi connectivity index (χ4n) is 4.00. The van der Waals surface area contributed by atoms with Crippen molar-refractivity contribution in [1.82, 2.24) is 10.3 Å². The maximum absolute atomic E-state index is 14.2. The zero-order valence-electron chi connectivity index (χ0n) is 18.5. The number of carbonyl (C=O) groups is 2. The van der Waals surface area contributed by atoms with Gasteiger partial charge in [0, 0.05) is 34.2 Å². The van der Waals surface area contributed by atoms with Crippen molar-refractivity contribution in [2.45, 2.75) is 19.4 Å². The number of halogens is 2. The van der Waals surface area contributed by atoms with Crippen molar-refractivity contribution in [1.29, 1.82) is 5.26 Å². The molecule has 1 heterocycles. The Morgan fingerprint density at radius 3 is 2.60 bits per heavy atom. The first-order valence-electron chi connectivity index (χ1n) is 10.7. The van der Waals surface area contributed by atoms with Gasteiger partial charge < -0.3 is 10.4 Å². The van der Waals surface area contributed by atoms with E-state index in [1.807, 2.05) is 6.07 Å². The van der Waals surface area contributed by atoms with Crippen LogP contribution in [0.5, 0.6) is 0 Å². The molecule has 2 N–H and O–H groups in total. The van der Waals surface area contributed by atoms with E-state index in [1.54, 1.807) is 61.7 Å².